The van der Waals surface area contributed by atoms with Gasteiger partial charge in [0.2, 0.25) is 0 Å². The summed E-state index contributed by atoms with van der Waals surface area (Å²) in [6.45, 7) is 2.04. The van der Waals surface area contributed by atoms with Crippen LogP contribution in [0, 0.1) is 0 Å². The zero-order valence-electron chi connectivity index (χ0n) is 9.00. The summed E-state index contributed by atoms with van der Waals surface area (Å²) in [4.78, 5) is 5.01. The second-order valence-electron chi connectivity index (χ2n) is 3.82. The van der Waals surface area contributed by atoms with Crippen LogP contribution in [0.25, 0.3) is 10.4 Å². The van der Waals surface area contributed by atoms with Crippen LogP contribution in [0.5, 0.6) is 0 Å². The molecule has 5 nitrogen and oxygen atoms in total. The van der Waals surface area contributed by atoms with Gasteiger partial charge in [-0.25, -0.2) is 0 Å². The Morgan fingerprint density at radius 3 is 3.12 bits per heavy atom. The lowest BCUT2D eigenvalue weighted by Crippen LogP contribution is -2.22. The summed E-state index contributed by atoms with van der Waals surface area (Å²) in [6, 6.07) is 5.77. The number of hydrogen-bond donors (Lipinski definition) is 1. The highest BCUT2D eigenvalue weighted by Crippen LogP contribution is 2.31. The Balaban J connectivity index is 2.22. The Kier molecular flexibility index (Phi) is 3.29. The lowest BCUT2D eigenvalue weighted by molar-refractivity contribution is 0.290. The predicted molar refractivity (Wildman–Crippen MR) is 62.9 cm³/mol. The maximum Gasteiger partial charge on any atom is 0.0447 e. The van der Waals surface area contributed by atoms with Crippen LogP contribution in [0.4, 0.5) is 11.4 Å². The number of rotatable bonds is 4. The van der Waals surface area contributed by atoms with Crippen molar-refractivity contribution in [3.05, 3.63) is 34.2 Å². The smallest absolute Gasteiger partial charge is 0.0447 e. The first-order valence-corrected chi connectivity index (χ1v) is 5.39. The molecule has 0 aromatic heterocycles. The van der Waals surface area contributed by atoms with Crippen LogP contribution in [0.15, 0.2) is 23.3 Å². The van der Waals surface area contributed by atoms with E-state index in [1.807, 2.05) is 18.2 Å². The highest BCUT2D eigenvalue weighted by Gasteiger charge is 2.18. The molecule has 1 heterocycles. The lowest BCUT2D eigenvalue weighted by Gasteiger charge is -2.18. The summed E-state index contributed by atoms with van der Waals surface area (Å²) in [6.07, 6.45) is 1.79. The number of aliphatic hydroxyl groups is 1. The van der Waals surface area contributed by atoms with Crippen molar-refractivity contribution in [2.75, 3.05) is 24.6 Å². The molecule has 0 amide bonds. The van der Waals surface area contributed by atoms with Crippen molar-refractivity contribution in [1.29, 1.82) is 0 Å². The minimum atomic E-state index is 0.210. The molecule has 0 unspecified atom stereocenters. The van der Waals surface area contributed by atoms with Crippen LogP contribution < -0.4 is 4.90 Å². The van der Waals surface area contributed by atoms with Crippen LogP contribution in [0.1, 0.15) is 12.0 Å². The molecule has 0 saturated heterocycles. The van der Waals surface area contributed by atoms with Crippen LogP contribution in [0.2, 0.25) is 0 Å². The largest absolute Gasteiger partial charge is 0.396 e. The molecule has 0 bridgehead atoms. The van der Waals surface area contributed by atoms with Gasteiger partial charge in [-0.2, -0.15) is 0 Å². The molecule has 1 aliphatic heterocycles. The fraction of sp³-hybridized carbons (Fsp3) is 0.455. The quantitative estimate of drug-likeness (QED) is 0.478. The third-order valence-electron chi connectivity index (χ3n) is 2.81. The summed E-state index contributed by atoms with van der Waals surface area (Å²) in [7, 11) is 0. The van der Waals surface area contributed by atoms with Gasteiger partial charge in [0.1, 0.15) is 0 Å². The van der Waals surface area contributed by atoms with Crippen LogP contribution in [-0.4, -0.2) is 24.8 Å². The van der Waals surface area contributed by atoms with Crippen LogP contribution >= 0.6 is 0 Å². The zero-order valence-corrected chi connectivity index (χ0v) is 9.00. The van der Waals surface area contributed by atoms with Crippen LogP contribution in [0.3, 0.4) is 0 Å². The molecule has 2 rings (SSSR count). The van der Waals surface area contributed by atoms with Gasteiger partial charge >= 0.3 is 0 Å². The topological polar surface area (TPSA) is 72.2 Å². The summed E-state index contributed by atoms with van der Waals surface area (Å²) in [5, 5.41) is 12.4. The standard InChI is InChI=1S/C11H14N4O/c12-14-13-10-3-2-9-4-6-15(5-1-7-16)11(9)8-10/h2-3,8,16H,1,4-7H2. The highest BCUT2D eigenvalue weighted by atomic mass is 16.3. The first-order valence-electron chi connectivity index (χ1n) is 5.39. The molecule has 84 valence electrons. The van der Waals surface area contributed by atoms with E-state index in [4.69, 9.17) is 10.6 Å². The van der Waals surface area contributed by atoms with Gasteiger partial charge in [-0.05, 0) is 30.0 Å². The van der Waals surface area contributed by atoms with Gasteiger partial charge in [0, 0.05) is 36.0 Å². The molecule has 0 spiro atoms. The second-order valence-corrected chi connectivity index (χ2v) is 3.82. The number of hydrogen-bond acceptors (Lipinski definition) is 3. The zero-order chi connectivity index (χ0) is 11.4. The molecule has 0 radical (unpaired) electrons. The Morgan fingerprint density at radius 1 is 1.50 bits per heavy atom. The molecule has 1 aromatic carbocycles. The first kappa shape index (κ1) is 10.8. The fourth-order valence-electron chi connectivity index (χ4n) is 2.04. The molecule has 1 N–H and O–H groups in total. The molecular formula is C11H14N4O. The summed E-state index contributed by atoms with van der Waals surface area (Å²) < 4.78 is 0. The number of azide groups is 1. The van der Waals surface area contributed by atoms with Crippen molar-refractivity contribution >= 4 is 11.4 Å². The minimum Gasteiger partial charge on any atom is -0.396 e. The van der Waals surface area contributed by atoms with E-state index in [0.717, 1.165) is 31.6 Å². The summed E-state index contributed by atoms with van der Waals surface area (Å²) >= 11 is 0. The summed E-state index contributed by atoms with van der Waals surface area (Å²) in [5.41, 5.74) is 11.5. The SMILES string of the molecule is [N-]=[N+]=Nc1ccc2c(c1)N(CCCO)CC2. The van der Waals surface area contributed by atoms with Crippen molar-refractivity contribution in [2.24, 2.45) is 5.11 Å². The number of nitrogens with zero attached hydrogens (tertiary/aromatic N) is 4. The van der Waals surface area contributed by atoms with Gasteiger partial charge in [0.15, 0.2) is 0 Å². The van der Waals surface area contributed by atoms with E-state index in [9.17, 15) is 0 Å². The highest BCUT2D eigenvalue weighted by molar-refractivity contribution is 5.63. The normalized spacial score (nSPS) is 13.4. The van der Waals surface area contributed by atoms with Crippen LogP contribution in [-0.2, 0) is 6.42 Å². The number of fused-ring (bicyclic) bond motifs is 1. The third kappa shape index (κ3) is 2.10. The second kappa shape index (κ2) is 4.88. The molecule has 1 aromatic rings. The van der Waals surface area contributed by atoms with E-state index in [-0.39, 0.29) is 6.61 Å². The van der Waals surface area contributed by atoms with E-state index >= 15 is 0 Å². The van der Waals surface area contributed by atoms with E-state index in [1.165, 1.54) is 5.56 Å². The van der Waals surface area contributed by atoms with E-state index < -0.39 is 0 Å². The molecule has 0 aliphatic carbocycles. The molecule has 0 saturated carbocycles. The lowest BCUT2D eigenvalue weighted by atomic mass is 10.1. The maximum absolute atomic E-state index is 8.82. The van der Waals surface area contributed by atoms with E-state index in [2.05, 4.69) is 14.9 Å². The monoisotopic (exact) mass is 218 g/mol. The predicted octanol–water partition coefficient (Wildman–Crippen LogP) is 2.37. The molecular weight excluding hydrogens is 204 g/mol. The molecule has 0 fully saturated rings. The number of anilines is 1. The maximum atomic E-state index is 8.82. The Labute approximate surface area is 93.9 Å². The average Bonchev–Trinajstić information content (AvgIpc) is 2.69. The Morgan fingerprint density at radius 2 is 2.38 bits per heavy atom. The number of aliphatic hydroxyl groups excluding tert-OH is 1. The molecule has 5 heteroatoms. The fourth-order valence-corrected chi connectivity index (χ4v) is 2.04. The van der Waals surface area contributed by atoms with Crippen molar-refractivity contribution in [3.63, 3.8) is 0 Å². The van der Waals surface area contributed by atoms with Gasteiger partial charge in [0.05, 0.1) is 0 Å². The van der Waals surface area contributed by atoms with Gasteiger partial charge in [-0.1, -0.05) is 17.2 Å². The minimum absolute atomic E-state index is 0.210. The number of benzene rings is 1. The summed E-state index contributed by atoms with van der Waals surface area (Å²) in [5.74, 6) is 0. The van der Waals surface area contributed by atoms with Crippen molar-refractivity contribution < 1.29 is 5.11 Å². The Hall–Kier alpha value is -1.71. The van der Waals surface area contributed by atoms with Gasteiger partial charge in [-0.15, -0.1) is 0 Å². The van der Waals surface area contributed by atoms with Gasteiger partial charge in [0.25, 0.3) is 0 Å². The van der Waals surface area contributed by atoms with E-state index in [1.54, 1.807) is 0 Å². The van der Waals surface area contributed by atoms with Gasteiger partial charge < -0.3 is 10.0 Å². The Bertz CT molecular complexity index is 426. The average molecular weight is 218 g/mol. The van der Waals surface area contributed by atoms with Crippen molar-refractivity contribution in [2.45, 2.75) is 12.8 Å². The molecule has 0 atom stereocenters. The van der Waals surface area contributed by atoms with E-state index in [0.29, 0.717) is 5.69 Å². The third-order valence-corrected chi connectivity index (χ3v) is 2.81. The van der Waals surface area contributed by atoms with Crippen molar-refractivity contribution in [1.82, 2.24) is 0 Å². The van der Waals surface area contributed by atoms with Crippen molar-refractivity contribution in [3.8, 4) is 0 Å². The first-order chi connectivity index (χ1) is 7.85. The molecule has 1 aliphatic rings. The molecule has 16 heavy (non-hydrogen) atoms. The van der Waals surface area contributed by atoms with Gasteiger partial charge in [-0.3, -0.25) is 0 Å².